The van der Waals surface area contributed by atoms with Gasteiger partial charge in [0.1, 0.15) is 11.6 Å². The van der Waals surface area contributed by atoms with Gasteiger partial charge >= 0.3 is 0 Å². The molecule has 0 radical (unpaired) electrons. The van der Waals surface area contributed by atoms with Crippen LogP contribution in [0.1, 0.15) is 31.1 Å². The fraction of sp³-hybridized carbons (Fsp3) is 0.320. The molecule has 3 heterocycles. The number of aromatic nitrogens is 3. The van der Waals surface area contributed by atoms with Crippen molar-refractivity contribution in [2.75, 3.05) is 25.0 Å². The molecule has 0 unspecified atom stereocenters. The summed E-state index contributed by atoms with van der Waals surface area (Å²) in [7, 11) is 0. The lowest BCUT2D eigenvalue weighted by Crippen LogP contribution is -2.63. The summed E-state index contributed by atoms with van der Waals surface area (Å²) < 4.78 is 18.5. The third-order valence-electron chi connectivity index (χ3n) is 6.06. The molecule has 10 nitrogen and oxygen atoms in total. The standard InChI is InChI=1S/C25H27FN6O4/c1-16(23(34)28-20-9-11-22(30-29-20)36-19-7-5-18(26)6-8-19)31-12-13-32(25(2,3)15-31)24(35)17-4-10-21(33)27-14-17/h4-11,14,16H,12-13,15H2,1-3H3,(H,27,33)(H,28,29,34)/t16-/m1/s1. The van der Waals surface area contributed by atoms with Gasteiger partial charge in [0.15, 0.2) is 5.82 Å². The Labute approximate surface area is 207 Å². The first kappa shape index (κ1) is 25.0. The lowest BCUT2D eigenvalue weighted by atomic mass is 9.96. The second-order valence-corrected chi connectivity index (χ2v) is 9.16. The minimum absolute atomic E-state index is 0.175. The summed E-state index contributed by atoms with van der Waals surface area (Å²) >= 11 is 0. The van der Waals surface area contributed by atoms with Crippen molar-refractivity contribution in [1.82, 2.24) is 25.0 Å². The number of hydrogen-bond acceptors (Lipinski definition) is 7. The molecule has 3 aromatic rings. The average Bonchev–Trinajstić information content (AvgIpc) is 2.85. The van der Waals surface area contributed by atoms with Crippen LogP contribution in [-0.2, 0) is 4.79 Å². The summed E-state index contributed by atoms with van der Waals surface area (Å²) in [4.78, 5) is 43.5. The second kappa shape index (κ2) is 10.2. The van der Waals surface area contributed by atoms with E-state index in [-0.39, 0.29) is 34.9 Å². The summed E-state index contributed by atoms with van der Waals surface area (Å²) in [5.41, 5.74) is -0.401. The Morgan fingerprint density at radius 3 is 2.44 bits per heavy atom. The van der Waals surface area contributed by atoms with Crippen molar-refractivity contribution in [2.24, 2.45) is 0 Å². The number of ether oxygens (including phenoxy) is 1. The quantitative estimate of drug-likeness (QED) is 0.541. The molecule has 1 fully saturated rings. The SMILES string of the molecule is C[C@H](C(=O)Nc1ccc(Oc2ccc(F)cc2)nn1)N1CCN(C(=O)c2ccc(=O)[nH]c2)C(C)(C)C1. The highest BCUT2D eigenvalue weighted by Crippen LogP contribution is 2.25. The predicted molar refractivity (Wildman–Crippen MR) is 130 cm³/mol. The van der Waals surface area contributed by atoms with Crippen molar-refractivity contribution in [1.29, 1.82) is 0 Å². The molecule has 36 heavy (non-hydrogen) atoms. The van der Waals surface area contributed by atoms with Crippen LogP contribution in [0.2, 0.25) is 0 Å². The van der Waals surface area contributed by atoms with E-state index in [1.54, 1.807) is 24.0 Å². The van der Waals surface area contributed by atoms with Gasteiger partial charge in [0, 0.05) is 38.0 Å². The van der Waals surface area contributed by atoms with E-state index in [0.717, 1.165) is 0 Å². The molecule has 1 aliphatic rings. The number of aromatic amines is 1. The molecular formula is C25H27FN6O4. The lowest BCUT2D eigenvalue weighted by molar-refractivity contribution is -0.122. The zero-order valence-corrected chi connectivity index (χ0v) is 20.2. The maximum atomic E-state index is 13.0. The van der Waals surface area contributed by atoms with E-state index < -0.39 is 11.6 Å². The molecule has 2 aromatic heterocycles. The van der Waals surface area contributed by atoms with Crippen molar-refractivity contribution in [3.63, 3.8) is 0 Å². The van der Waals surface area contributed by atoms with Gasteiger partial charge in [0.05, 0.1) is 17.1 Å². The number of carbonyl (C=O) groups is 2. The number of hydrogen-bond donors (Lipinski definition) is 2. The van der Waals surface area contributed by atoms with E-state index in [1.165, 1.54) is 42.6 Å². The van der Waals surface area contributed by atoms with Crippen LogP contribution in [0.25, 0.3) is 0 Å². The largest absolute Gasteiger partial charge is 0.438 e. The number of nitrogens with zero attached hydrogens (tertiary/aromatic N) is 4. The molecule has 1 saturated heterocycles. The number of amides is 2. The highest BCUT2D eigenvalue weighted by Gasteiger charge is 2.39. The topological polar surface area (TPSA) is 121 Å². The predicted octanol–water partition coefficient (Wildman–Crippen LogP) is 2.66. The van der Waals surface area contributed by atoms with Crippen molar-refractivity contribution < 1.29 is 18.7 Å². The van der Waals surface area contributed by atoms with Crippen LogP contribution in [0.15, 0.2) is 59.5 Å². The fourth-order valence-corrected chi connectivity index (χ4v) is 4.06. The van der Waals surface area contributed by atoms with Crippen molar-refractivity contribution in [3.8, 4) is 11.6 Å². The van der Waals surface area contributed by atoms with Crippen molar-refractivity contribution >= 4 is 17.6 Å². The van der Waals surface area contributed by atoms with Crippen LogP contribution in [-0.4, -0.2) is 68.0 Å². The molecule has 0 bridgehead atoms. The Balaban J connectivity index is 1.34. The molecule has 0 spiro atoms. The number of benzene rings is 1. The Kier molecular flexibility index (Phi) is 7.11. The monoisotopic (exact) mass is 494 g/mol. The smallest absolute Gasteiger partial charge is 0.255 e. The molecule has 2 amide bonds. The van der Waals surface area contributed by atoms with Gasteiger partial charge in [-0.05, 0) is 57.2 Å². The van der Waals surface area contributed by atoms with Gasteiger partial charge in [-0.15, -0.1) is 10.2 Å². The summed E-state index contributed by atoms with van der Waals surface area (Å²) in [5.74, 6) is 0.0868. The average molecular weight is 495 g/mol. The number of halogens is 1. The number of rotatable bonds is 6. The minimum atomic E-state index is -0.543. The molecule has 11 heteroatoms. The number of pyridine rings is 1. The van der Waals surface area contributed by atoms with Crippen LogP contribution < -0.4 is 15.6 Å². The van der Waals surface area contributed by atoms with Crippen LogP contribution in [0.4, 0.5) is 10.2 Å². The first-order valence-electron chi connectivity index (χ1n) is 11.5. The second-order valence-electron chi connectivity index (χ2n) is 9.16. The molecule has 2 N–H and O–H groups in total. The van der Waals surface area contributed by atoms with E-state index in [4.69, 9.17) is 4.74 Å². The van der Waals surface area contributed by atoms with E-state index in [0.29, 0.717) is 30.9 Å². The van der Waals surface area contributed by atoms with E-state index in [2.05, 4.69) is 20.5 Å². The Morgan fingerprint density at radius 1 is 1.08 bits per heavy atom. The van der Waals surface area contributed by atoms with Gasteiger partial charge < -0.3 is 19.9 Å². The van der Waals surface area contributed by atoms with Crippen LogP contribution >= 0.6 is 0 Å². The van der Waals surface area contributed by atoms with Crippen LogP contribution in [0, 0.1) is 5.82 Å². The van der Waals surface area contributed by atoms with Gasteiger partial charge in [-0.3, -0.25) is 19.3 Å². The van der Waals surface area contributed by atoms with Gasteiger partial charge in [0.25, 0.3) is 5.91 Å². The molecule has 1 aromatic carbocycles. The molecule has 0 saturated carbocycles. The molecule has 188 valence electrons. The number of nitrogens with one attached hydrogen (secondary N) is 2. The number of piperazine rings is 1. The molecule has 0 aliphatic carbocycles. The van der Waals surface area contributed by atoms with Gasteiger partial charge in [-0.1, -0.05) is 0 Å². The normalized spacial score (nSPS) is 16.3. The molecule has 1 atom stereocenters. The van der Waals surface area contributed by atoms with Crippen molar-refractivity contribution in [3.05, 3.63) is 76.5 Å². The number of anilines is 1. The molecular weight excluding hydrogens is 467 g/mol. The van der Waals surface area contributed by atoms with E-state index in [9.17, 15) is 18.8 Å². The van der Waals surface area contributed by atoms with Crippen LogP contribution in [0.5, 0.6) is 11.6 Å². The Hall–Kier alpha value is -4.12. The maximum Gasteiger partial charge on any atom is 0.255 e. The summed E-state index contributed by atoms with van der Waals surface area (Å²) in [6.07, 6.45) is 1.42. The number of H-pyrrole nitrogens is 1. The lowest BCUT2D eigenvalue weighted by Gasteiger charge is -2.48. The summed E-state index contributed by atoms with van der Waals surface area (Å²) in [5, 5.41) is 10.7. The number of carbonyl (C=O) groups excluding carboxylic acids is 2. The van der Waals surface area contributed by atoms with Gasteiger partial charge in [-0.2, -0.15) is 0 Å². The summed E-state index contributed by atoms with van der Waals surface area (Å²) in [6, 6.07) is 11.0. The van der Waals surface area contributed by atoms with Gasteiger partial charge in [-0.25, -0.2) is 4.39 Å². The molecule has 4 rings (SSSR count). The zero-order valence-electron chi connectivity index (χ0n) is 20.2. The van der Waals surface area contributed by atoms with Gasteiger partial charge in [0.2, 0.25) is 17.3 Å². The highest BCUT2D eigenvalue weighted by molar-refractivity contribution is 5.95. The Morgan fingerprint density at radius 2 is 1.83 bits per heavy atom. The van der Waals surface area contributed by atoms with Crippen LogP contribution in [0.3, 0.4) is 0 Å². The maximum absolute atomic E-state index is 13.0. The fourth-order valence-electron chi connectivity index (χ4n) is 4.06. The highest BCUT2D eigenvalue weighted by atomic mass is 19.1. The van der Waals surface area contributed by atoms with E-state index >= 15 is 0 Å². The molecule has 1 aliphatic heterocycles. The zero-order chi connectivity index (χ0) is 25.9. The van der Waals surface area contributed by atoms with E-state index in [1.807, 2.05) is 18.7 Å². The third kappa shape index (κ3) is 5.74. The van der Waals surface area contributed by atoms with Crippen molar-refractivity contribution in [2.45, 2.75) is 32.4 Å². The first-order chi connectivity index (χ1) is 17.1. The first-order valence-corrected chi connectivity index (χ1v) is 11.5. The summed E-state index contributed by atoms with van der Waals surface area (Å²) in [6.45, 7) is 7.09. The Bertz CT molecular complexity index is 1270. The third-order valence-corrected chi connectivity index (χ3v) is 6.06. The minimum Gasteiger partial charge on any atom is -0.438 e.